The third-order valence-corrected chi connectivity index (χ3v) is 3.07. The van der Waals surface area contributed by atoms with Gasteiger partial charge in [-0.3, -0.25) is 0 Å². The van der Waals surface area contributed by atoms with Gasteiger partial charge in [0, 0.05) is 0 Å². The Kier molecular flexibility index (Phi) is 3.89. The first-order valence-electron chi connectivity index (χ1n) is 6.59. The average Bonchev–Trinajstić information content (AvgIpc) is 2.85. The molecule has 1 aliphatic rings. The number of fused-ring (bicyclic) bond motifs is 1. The Morgan fingerprint density at radius 3 is 2.62 bits per heavy atom. The Balaban J connectivity index is 1.78. The Hall–Kier alpha value is -3.02. The quantitative estimate of drug-likeness (QED) is 0.793. The van der Waals surface area contributed by atoms with E-state index in [1.165, 1.54) is 24.3 Å². The highest BCUT2D eigenvalue weighted by molar-refractivity contribution is 5.45. The first kappa shape index (κ1) is 15.9. The molecule has 0 N–H and O–H groups in total. The van der Waals surface area contributed by atoms with Crippen molar-refractivity contribution < 1.29 is 31.8 Å². The molecule has 0 atom stereocenters. The summed E-state index contributed by atoms with van der Waals surface area (Å²) in [6, 6.07) is 7.94. The molecular weight excluding hydrogens is 332 g/mol. The molecule has 2 heterocycles. The van der Waals surface area contributed by atoms with E-state index in [1.54, 1.807) is 6.07 Å². The minimum Gasteiger partial charge on any atom is -0.472 e. The summed E-state index contributed by atoms with van der Waals surface area (Å²) in [5, 5.41) is 8.95. The fourth-order valence-electron chi connectivity index (χ4n) is 2.01. The lowest BCUT2D eigenvalue weighted by Gasteiger charge is -2.09. The number of ether oxygens (including phenoxy) is 3. The van der Waals surface area contributed by atoms with Crippen LogP contribution in [0.15, 0.2) is 30.3 Å². The van der Waals surface area contributed by atoms with Gasteiger partial charge in [-0.1, -0.05) is 6.07 Å². The zero-order valence-electron chi connectivity index (χ0n) is 11.8. The number of nitrogens with zero attached hydrogens (tertiary/aromatic N) is 2. The number of benzene rings is 1. The Morgan fingerprint density at radius 2 is 1.92 bits per heavy atom. The summed E-state index contributed by atoms with van der Waals surface area (Å²) in [6.45, 7) is -0.184. The van der Waals surface area contributed by atoms with Gasteiger partial charge >= 0.3 is 6.29 Å². The van der Waals surface area contributed by atoms with E-state index in [0.29, 0.717) is 5.56 Å². The second-order valence-corrected chi connectivity index (χ2v) is 4.74. The molecule has 0 unspecified atom stereocenters. The summed E-state index contributed by atoms with van der Waals surface area (Å²) in [6.07, 6.45) is -6.55. The van der Waals surface area contributed by atoms with Gasteiger partial charge in [0.25, 0.3) is 6.43 Å². The average molecular weight is 340 g/mol. The maximum absolute atomic E-state index is 12.9. The molecule has 0 aliphatic carbocycles. The monoisotopic (exact) mass is 340 g/mol. The van der Waals surface area contributed by atoms with E-state index in [0.717, 1.165) is 6.07 Å². The lowest BCUT2D eigenvalue weighted by Crippen LogP contribution is -2.25. The molecule has 124 valence electrons. The van der Waals surface area contributed by atoms with Crippen LogP contribution in [0.1, 0.15) is 23.2 Å². The number of aromatic nitrogens is 1. The van der Waals surface area contributed by atoms with Crippen LogP contribution in [0.25, 0.3) is 0 Å². The van der Waals surface area contributed by atoms with Crippen LogP contribution in [0.4, 0.5) is 17.6 Å². The molecule has 2 aromatic rings. The first-order chi connectivity index (χ1) is 11.4. The minimum absolute atomic E-state index is 0.0216. The van der Waals surface area contributed by atoms with Crippen LogP contribution in [0.5, 0.6) is 17.4 Å². The third kappa shape index (κ3) is 3.17. The van der Waals surface area contributed by atoms with Crippen molar-refractivity contribution in [3.05, 3.63) is 47.2 Å². The molecule has 0 amide bonds. The highest BCUT2D eigenvalue weighted by Crippen LogP contribution is 2.41. The SMILES string of the molecule is N#Cc1ccc(C(F)F)nc1OCc1ccc2c(c1)OC(F)(F)O2. The smallest absolute Gasteiger partial charge is 0.472 e. The first-order valence-corrected chi connectivity index (χ1v) is 6.59. The zero-order chi connectivity index (χ0) is 17.3. The summed E-state index contributed by atoms with van der Waals surface area (Å²) in [5.74, 6) is -0.562. The normalized spacial score (nSPS) is 14.5. The summed E-state index contributed by atoms with van der Waals surface area (Å²) in [5.41, 5.74) is -0.149. The molecule has 0 bridgehead atoms. The zero-order valence-corrected chi connectivity index (χ0v) is 11.8. The highest BCUT2D eigenvalue weighted by Gasteiger charge is 2.43. The molecule has 1 aromatic heterocycles. The van der Waals surface area contributed by atoms with E-state index in [-0.39, 0.29) is 29.5 Å². The molecule has 1 aliphatic heterocycles. The fraction of sp³-hybridized carbons (Fsp3) is 0.200. The van der Waals surface area contributed by atoms with Crippen LogP contribution in [0.3, 0.4) is 0 Å². The Morgan fingerprint density at radius 1 is 1.17 bits per heavy atom. The molecule has 3 rings (SSSR count). The standard InChI is InChI=1S/C15H8F4N2O3/c16-13(17)10-3-2-9(6-20)14(21-10)22-7-8-1-4-11-12(5-8)24-15(18,19)23-11/h1-5,13H,7H2. The lowest BCUT2D eigenvalue weighted by atomic mass is 10.2. The Bertz CT molecular complexity index is 821. The number of hydrogen-bond donors (Lipinski definition) is 0. The van der Waals surface area contributed by atoms with Crippen LogP contribution in [0, 0.1) is 11.3 Å². The van der Waals surface area contributed by atoms with Crippen molar-refractivity contribution in [2.24, 2.45) is 0 Å². The number of rotatable bonds is 4. The molecular formula is C15H8F4N2O3. The molecule has 0 radical (unpaired) electrons. The van der Waals surface area contributed by atoms with Gasteiger partial charge in [0.15, 0.2) is 11.5 Å². The minimum atomic E-state index is -3.73. The van der Waals surface area contributed by atoms with Gasteiger partial charge in [0.05, 0.1) is 0 Å². The van der Waals surface area contributed by atoms with E-state index in [4.69, 9.17) is 10.00 Å². The molecule has 24 heavy (non-hydrogen) atoms. The molecule has 5 nitrogen and oxygen atoms in total. The van der Waals surface area contributed by atoms with Gasteiger partial charge in [-0.05, 0) is 29.8 Å². The third-order valence-electron chi connectivity index (χ3n) is 3.07. The molecule has 1 aromatic carbocycles. The Labute approximate surface area is 133 Å². The van der Waals surface area contributed by atoms with E-state index in [2.05, 4.69) is 14.5 Å². The van der Waals surface area contributed by atoms with Crippen molar-refractivity contribution in [2.45, 2.75) is 19.3 Å². The van der Waals surface area contributed by atoms with Gasteiger partial charge in [0.1, 0.15) is 23.9 Å². The predicted molar refractivity (Wildman–Crippen MR) is 70.9 cm³/mol. The van der Waals surface area contributed by atoms with Crippen molar-refractivity contribution in [1.29, 1.82) is 5.26 Å². The van der Waals surface area contributed by atoms with Crippen LogP contribution in [0.2, 0.25) is 0 Å². The van der Waals surface area contributed by atoms with Gasteiger partial charge < -0.3 is 14.2 Å². The van der Waals surface area contributed by atoms with E-state index >= 15 is 0 Å². The summed E-state index contributed by atoms with van der Waals surface area (Å²) >= 11 is 0. The maximum atomic E-state index is 12.9. The van der Waals surface area contributed by atoms with Gasteiger partial charge in [-0.25, -0.2) is 13.8 Å². The number of halogens is 4. The molecule has 0 spiro atoms. The molecule has 0 saturated heterocycles. The summed E-state index contributed by atoms with van der Waals surface area (Å²) < 4.78 is 65.0. The number of nitriles is 1. The van der Waals surface area contributed by atoms with Crippen molar-refractivity contribution in [3.8, 4) is 23.4 Å². The highest BCUT2D eigenvalue weighted by atomic mass is 19.3. The van der Waals surface area contributed by atoms with Crippen LogP contribution < -0.4 is 14.2 Å². The van der Waals surface area contributed by atoms with Crippen molar-refractivity contribution in [1.82, 2.24) is 4.98 Å². The number of alkyl halides is 4. The topological polar surface area (TPSA) is 64.4 Å². The number of hydrogen-bond acceptors (Lipinski definition) is 5. The van der Waals surface area contributed by atoms with Crippen molar-refractivity contribution >= 4 is 0 Å². The lowest BCUT2D eigenvalue weighted by molar-refractivity contribution is -0.286. The van der Waals surface area contributed by atoms with Crippen LogP contribution in [-0.4, -0.2) is 11.3 Å². The fourth-order valence-corrected chi connectivity index (χ4v) is 2.01. The molecule has 0 saturated carbocycles. The van der Waals surface area contributed by atoms with Crippen LogP contribution in [-0.2, 0) is 6.61 Å². The second kappa shape index (κ2) is 5.88. The second-order valence-electron chi connectivity index (χ2n) is 4.74. The van der Waals surface area contributed by atoms with E-state index in [9.17, 15) is 17.6 Å². The van der Waals surface area contributed by atoms with Gasteiger partial charge in [-0.2, -0.15) is 5.26 Å². The molecule has 0 fully saturated rings. The van der Waals surface area contributed by atoms with Crippen LogP contribution >= 0.6 is 0 Å². The van der Waals surface area contributed by atoms with Gasteiger partial charge in [0.2, 0.25) is 5.88 Å². The van der Waals surface area contributed by atoms with Crippen molar-refractivity contribution in [3.63, 3.8) is 0 Å². The maximum Gasteiger partial charge on any atom is 0.586 e. The summed E-state index contributed by atoms with van der Waals surface area (Å²) in [7, 11) is 0. The van der Waals surface area contributed by atoms with E-state index in [1.807, 2.05) is 0 Å². The summed E-state index contributed by atoms with van der Waals surface area (Å²) in [4.78, 5) is 3.58. The van der Waals surface area contributed by atoms with Crippen molar-refractivity contribution in [2.75, 3.05) is 0 Å². The largest absolute Gasteiger partial charge is 0.586 e. The van der Waals surface area contributed by atoms with E-state index < -0.39 is 18.4 Å². The van der Waals surface area contributed by atoms with Gasteiger partial charge in [-0.15, -0.1) is 8.78 Å². The predicted octanol–water partition coefficient (Wildman–Crippen LogP) is 3.79. The molecule has 9 heteroatoms. The number of pyridine rings is 1.